The zero-order valence-electron chi connectivity index (χ0n) is 17.2. The Bertz CT molecular complexity index is 636. The van der Waals surface area contributed by atoms with Crippen LogP contribution in [0.1, 0.15) is 51.2 Å². The fraction of sp³-hybridized carbons (Fsp3) is 0.632. The number of likely N-dealkylation sites (N-methyl/N-ethyl adjacent to an activating group) is 1. The smallest absolute Gasteiger partial charge is 0.312 e. The summed E-state index contributed by atoms with van der Waals surface area (Å²) in [5.74, 6) is 1.19. The molecule has 154 valence electrons. The molecule has 6 nitrogen and oxygen atoms in total. The van der Waals surface area contributed by atoms with E-state index in [1.165, 1.54) is 0 Å². The first-order valence-corrected chi connectivity index (χ1v) is 9.46. The highest BCUT2D eigenvalue weighted by atomic mass is 35.5. The molecule has 0 amide bonds. The number of esters is 1. The van der Waals surface area contributed by atoms with E-state index in [0.717, 1.165) is 35.4 Å². The van der Waals surface area contributed by atoms with E-state index in [0.29, 0.717) is 12.4 Å². The molecular formula is C19H31ClN2O4S. The lowest BCUT2D eigenvalue weighted by Crippen LogP contribution is -2.23. The third-order valence-electron chi connectivity index (χ3n) is 3.80. The van der Waals surface area contributed by atoms with E-state index < -0.39 is 4.75 Å². The molecule has 27 heavy (non-hydrogen) atoms. The quantitative estimate of drug-likeness (QED) is 0.231. The van der Waals surface area contributed by atoms with Gasteiger partial charge in [-0.1, -0.05) is 13.8 Å². The van der Waals surface area contributed by atoms with Crippen molar-refractivity contribution in [1.82, 2.24) is 4.90 Å². The molecule has 0 atom stereocenters. The first-order valence-electron chi connectivity index (χ1n) is 8.69. The average molecular weight is 419 g/mol. The van der Waals surface area contributed by atoms with Crippen molar-refractivity contribution in [3.05, 3.63) is 28.2 Å². The standard InChI is InChI=1S/C19H30N2O4S.ClH/c1-13(2)15-11-16(25-18(22)12-19(4,5)26-20-23)14(3)10-17(15)24-9-8-21(6)7;/h10-11,13H,8-9,12H2,1-7H3;1H. The van der Waals surface area contributed by atoms with Crippen molar-refractivity contribution >= 4 is 30.3 Å². The Morgan fingerprint density at radius 2 is 1.89 bits per heavy atom. The molecule has 0 aliphatic heterocycles. The zero-order chi connectivity index (χ0) is 19.9. The van der Waals surface area contributed by atoms with Crippen molar-refractivity contribution in [3.8, 4) is 11.5 Å². The van der Waals surface area contributed by atoms with Crippen LogP contribution in [0.3, 0.4) is 0 Å². The Morgan fingerprint density at radius 3 is 2.41 bits per heavy atom. The maximum Gasteiger partial charge on any atom is 0.312 e. The summed E-state index contributed by atoms with van der Waals surface area (Å²) in [5, 5.41) is 0. The second kappa shape index (κ2) is 11.5. The van der Waals surface area contributed by atoms with Gasteiger partial charge >= 0.3 is 5.97 Å². The molecule has 0 radical (unpaired) electrons. The van der Waals surface area contributed by atoms with Gasteiger partial charge in [0, 0.05) is 33.4 Å². The molecule has 1 aromatic rings. The predicted octanol–water partition coefficient (Wildman–Crippen LogP) is 4.97. The lowest BCUT2D eigenvalue weighted by atomic mass is 9.99. The van der Waals surface area contributed by atoms with E-state index in [2.05, 4.69) is 23.3 Å². The Hall–Kier alpha value is -1.31. The second-order valence-corrected chi connectivity index (χ2v) is 8.98. The Balaban J connectivity index is 0.00000676. The highest BCUT2D eigenvalue weighted by Crippen LogP contribution is 2.35. The van der Waals surface area contributed by atoms with Gasteiger partial charge in [0.2, 0.25) is 0 Å². The summed E-state index contributed by atoms with van der Waals surface area (Å²) in [7, 11) is 4.00. The number of aryl methyl sites for hydroxylation is 1. The molecule has 0 bridgehead atoms. The number of benzene rings is 1. The Labute approximate surface area is 172 Å². The SMILES string of the molecule is Cc1cc(OCCN(C)C)c(C(C)C)cc1OC(=O)CC(C)(C)SN=O.Cl. The maximum absolute atomic E-state index is 12.3. The lowest BCUT2D eigenvalue weighted by Gasteiger charge is -2.20. The van der Waals surface area contributed by atoms with Crippen molar-refractivity contribution < 1.29 is 14.3 Å². The molecule has 1 aromatic carbocycles. The van der Waals surface area contributed by atoms with E-state index in [1.54, 1.807) is 13.8 Å². The van der Waals surface area contributed by atoms with Gasteiger partial charge < -0.3 is 14.4 Å². The molecule has 0 saturated heterocycles. The number of carbonyl (C=O) groups excluding carboxylic acids is 1. The van der Waals surface area contributed by atoms with Gasteiger partial charge in [-0.05, 0) is 58.5 Å². The molecule has 0 N–H and O–H groups in total. The van der Waals surface area contributed by atoms with Gasteiger partial charge in [-0.15, -0.1) is 17.3 Å². The van der Waals surface area contributed by atoms with Crippen molar-refractivity contribution in [2.45, 2.75) is 51.7 Å². The van der Waals surface area contributed by atoms with Crippen LogP contribution in [0.4, 0.5) is 0 Å². The zero-order valence-corrected chi connectivity index (χ0v) is 18.8. The summed E-state index contributed by atoms with van der Waals surface area (Å²) < 4.78 is 13.7. The van der Waals surface area contributed by atoms with E-state index in [1.807, 2.05) is 33.2 Å². The molecular weight excluding hydrogens is 388 g/mol. The first-order chi connectivity index (χ1) is 12.1. The minimum Gasteiger partial charge on any atom is -0.492 e. The van der Waals surface area contributed by atoms with Gasteiger partial charge in [0.15, 0.2) is 0 Å². The van der Waals surface area contributed by atoms with Crippen LogP contribution in [0, 0.1) is 11.8 Å². The van der Waals surface area contributed by atoms with Gasteiger partial charge in [0.1, 0.15) is 18.1 Å². The van der Waals surface area contributed by atoms with Gasteiger partial charge in [0.25, 0.3) is 0 Å². The fourth-order valence-electron chi connectivity index (χ4n) is 2.34. The third kappa shape index (κ3) is 8.95. The fourth-order valence-corrected chi connectivity index (χ4v) is 2.73. The monoisotopic (exact) mass is 418 g/mol. The second-order valence-electron chi connectivity index (χ2n) is 7.54. The van der Waals surface area contributed by atoms with Crippen molar-refractivity contribution in [1.29, 1.82) is 0 Å². The van der Waals surface area contributed by atoms with E-state index in [-0.39, 0.29) is 30.7 Å². The molecule has 8 heteroatoms. The summed E-state index contributed by atoms with van der Waals surface area (Å²) in [6.07, 6.45) is 0.0982. The van der Waals surface area contributed by atoms with Crippen molar-refractivity contribution in [3.63, 3.8) is 0 Å². The highest BCUT2D eigenvalue weighted by molar-refractivity contribution is 7.99. The first kappa shape index (κ1) is 25.7. The van der Waals surface area contributed by atoms with Crippen LogP contribution >= 0.6 is 24.4 Å². The third-order valence-corrected chi connectivity index (χ3v) is 4.52. The molecule has 0 saturated carbocycles. The summed E-state index contributed by atoms with van der Waals surface area (Å²) in [4.78, 5) is 24.8. The molecule has 0 aliphatic carbocycles. The number of hydrogen-bond acceptors (Lipinski definition) is 7. The van der Waals surface area contributed by atoms with E-state index in [4.69, 9.17) is 9.47 Å². The minimum absolute atomic E-state index is 0. The Kier molecular flexibility index (Phi) is 11.0. The number of nitrogens with zero attached hydrogens (tertiary/aromatic N) is 2. The normalized spacial score (nSPS) is 11.3. The molecule has 1 rings (SSSR count). The van der Waals surface area contributed by atoms with Crippen LogP contribution in [-0.4, -0.2) is 42.9 Å². The topological polar surface area (TPSA) is 68.2 Å². The van der Waals surface area contributed by atoms with E-state index >= 15 is 0 Å². The molecule has 0 spiro atoms. The molecule has 0 fully saturated rings. The van der Waals surface area contributed by atoms with Crippen LogP contribution < -0.4 is 9.47 Å². The van der Waals surface area contributed by atoms with Crippen LogP contribution in [-0.2, 0) is 4.79 Å². The molecule has 0 aliphatic rings. The van der Waals surface area contributed by atoms with Gasteiger partial charge in [-0.25, -0.2) is 0 Å². The maximum atomic E-state index is 12.3. The van der Waals surface area contributed by atoms with Gasteiger partial charge in [0.05, 0.1) is 6.42 Å². The van der Waals surface area contributed by atoms with Gasteiger partial charge in [-0.3, -0.25) is 4.79 Å². The van der Waals surface area contributed by atoms with Crippen LogP contribution in [0.15, 0.2) is 16.7 Å². The van der Waals surface area contributed by atoms with Gasteiger partial charge in [-0.2, -0.15) is 0 Å². The molecule has 0 heterocycles. The Morgan fingerprint density at radius 1 is 1.26 bits per heavy atom. The summed E-state index contributed by atoms with van der Waals surface area (Å²) >= 11 is 0.843. The van der Waals surface area contributed by atoms with E-state index in [9.17, 15) is 9.70 Å². The number of nitroso groups, excluding NO2 is 1. The highest BCUT2D eigenvalue weighted by Gasteiger charge is 2.26. The molecule has 0 unspecified atom stereocenters. The number of rotatable bonds is 10. The number of carbonyl (C=O) groups is 1. The summed E-state index contributed by atoms with van der Waals surface area (Å²) in [5.41, 5.74) is 1.84. The number of ether oxygens (including phenoxy) is 2. The largest absolute Gasteiger partial charge is 0.492 e. The lowest BCUT2D eigenvalue weighted by molar-refractivity contribution is -0.134. The van der Waals surface area contributed by atoms with Crippen molar-refractivity contribution in [2.24, 2.45) is 4.58 Å². The predicted molar refractivity (Wildman–Crippen MR) is 114 cm³/mol. The van der Waals surface area contributed by atoms with Crippen LogP contribution in [0.5, 0.6) is 11.5 Å². The van der Waals surface area contributed by atoms with Crippen LogP contribution in [0.2, 0.25) is 0 Å². The average Bonchev–Trinajstić information content (AvgIpc) is 2.48. The van der Waals surface area contributed by atoms with Crippen LogP contribution in [0.25, 0.3) is 0 Å². The number of hydrogen-bond donors (Lipinski definition) is 0. The van der Waals surface area contributed by atoms with Crippen molar-refractivity contribution in [2.75, 3.05) is 27.2 Å². The summed E-state index contributed by atoms with van der Waals surface area (Å²) in [6, 6.07) is 3.79. The molecule has 0 aromatic heterocycles. The summed E-state index contributed by atoms with van der Waals surface area (Å²) in [6.45, 7) is 11.0. The number of halogens is 1. The minimum atomic E-state index is -0.594.